The lowest BCUT2D eigenvalue weighted by Crippen LogP contribution is -2.42. The number of carbonyl (C=O) groups is 1. The monoisotopic (exact) mass is 432 g/mol. The van der Waals surface area contributed by atoms with Crippen LogP contribution < -0.4 is 21.9 Å². The Hall–Kier alpha value is -2.48. The molecule has 0 aliphatic heterocycles. The van der Waals surface area contributed by atoms with Crippen LogP contribution in [0.4, 0.5) is 11.5 Å². The topological polar surface area (TPSA) is 101 Å². The maximum absolute atomic E-state index is 13.1. The number of nitrogens with one attached hydrogen (secondary N) is 1. The van der Waals surface area contributed by atoms with Crippen molar-refractivity contribution < 1.29 is 4.79 Å². The molecular formula is C22H32N4O3S. The number of aromatic amines is 1. The molecule has 7 nitrogen and oxygen atoms in total. The molecule has 2 rings (SSSR count). The van der Waals surface area contributed by atoms with Gasteiger partial charge in [0.1, 0.15) is 5.82 Å². The van der Waals surface area contributed by atoms with Gasteiger partial charge in [-0.1, -0.05) is 50.8 Å². The molecule has 0 saturated carbocycles. The van der Waals surface area contributed by atoms with E-state index in [0.29, 0.717) is 13.1 Å². The second-order valence-corrected chi connectivity index (χ2v) is 8.40. The fraction of sp³-hybridized carbons (Fsp3) is 0.500. The van der Waals surface area contributed by atoms with Crippen LogP contribution in [-0.2, 0) is 11.3 Å². The highest BCUT2D eigenvalue weighted by Gasteiger charge is 2.24. The quantitative estimate of drug-likeness (QED) is 0.418. The summed E-state index contributed by atoms with van der Waals surface area (Å²) in [6.45, 7) is 6.89. The van der Waals surface area contributed by atoms with Gasteiger partial charge in [0.05, 0.1) is 5.75 Å². The van der Waals surface area contributed by atoms with Gasteiger partial charge in [-0.05, 0) is 31.9 Å². The van der Waals surface area contributed by atoms with E-state index in [1.54, 1.807) is 0 Å². The maximum atomic E-state index is 13.1. The molecule has 0 unspecified atom stereocenters. The van der Waals surface area contributed by atoms with Crippen LogP contribution in [0.25, 0.3) is 0 Å². The van der Waals surface area contributed by atoms with Crippen molar-refractivity contribution in [1.82, 2.24) is 9.55 Å². The second kappa shape index (κ2) is 11.6. The van der Waals surface area contributed by atoms with Crippen molar-refractivity contribution in [3.05, 3.63) is 50.7 Å². The number of H-pyrrole nitrogens is 1. The van der Waals surface area contributed by atoms with Gasteiger partial charge < -0.3 is 10.6 Å². The molecule has 1 amide bonds. The predicted octanol–water partition coefficient (Wildman–Crippen LogP) is 3.54. The van der Waals surface area contributed by atoms with E-state index in [4.69, 9.17) is 5.73 Å². The Labute approximate surface area is 181 Å². The summed E-state index contributed by atoms with van der Waals surface area (Å²) in [5.41, 5.74) is 6.32. The molecule has 0 fully saturated rings. The van der Waals surface area contributed by atoms with Crippen LogP contribution >= 0.6 is 11.8 Å². The lowest BCUT2D eigenvalue weighted by Gasteiger charge is -2.24. The molecule has 0 radical (unpaired) electrons. The highest BCUT2D eigenvalue weighted by Crippen LogP contribution is 2.23. The Morgan fingerprint density at radius 3 is 2.40 bits per heavy atom. The van der Waals surface area contributed by atoms with Gasteiger partial charge in [-0.3, -0.25) is 19.1 Å². The third-order valence-electron chi connectivity index (χ3n) is 4.89. The molecule has 0 spiro atoms. The second-order valence-electron chi connectivity index (χ2n) is 7.35. The van der Waals surface area contributed by atoms with E-state index in [1.807, 2.05) is 38.1 Å². The molecule has 1 aromatic carbocycles. The third kappa shape index (κ3) is 6.26. The number of nitrogen functional groups attached to an aromatic ring is 1. The Balaban J connectivity index is 2.33. The molecule has 0 bridgehead atoms. The largest absolute Gasteiger partial charge is 0.383 e. The van der Waals surface area contributed by atoms with E-state index >= 15 is 0 Å². The van der Waals surface area contributed by atoms with Gasteiger partial charge in [-0.15, -0.1) is 11.8 Å². The van der Waals surface area contributed by atoms with E-state index in [-0.39, 0.29) is 23.2 Å². The molecule has 164 valence electrons. The minimum atomic E-state index is -0.615. The summed E-state index contributed by atoms with van der Waals surface area (Å²) >= 11 is 1.42. The van der Waals surface area contributed by atoms with Crippen LogP contribution in [0.1, 0.15) is 51.5 Å². The van der Waals surface area contributed by atoms with Crippen molar-refractivity contribution in [3.8, 4) is 0 Å². The first-order valence-electron chi connectivity index (χ1n) is 10.5. The molecular weight excluding hydrogens is 400 g/mol. The van der Waals surface area contributed by atoms with Gasteiger partial charge in [0.2, 0.25) is 5.91 Å². The predicted molar refractivity (Wildman–Crippen MR) is 124 cm³/mol. The van der Waals surface area contributed by atoms with Crippen molar-refractivity contribution in [1.29, 1.82) is 0 Å². The molecule has 0 aliphatic rings. The number of rotatable bonds is 11. The molecule has 30 heavy (non-hydrogen) atoms. The number of hydrogen-bond acceptors (Lipinski definition) is 5. The summed E-state index contributed by atoms with van der Waals surface area (Å²) in [7, 11) is 0. The summed E-state index contributed by atoms with van der Waals surface area (Å²) in [4.78, 5) is 42.7. The third-order valence-corrected chi connectivity index (χ3v) is 5.89. The van der Waals surface area contributed by atoms with Crippen LogP contribution in [-0.4, -0.2) is 27.8 Å². The number of thioether (sulfide) groups is 1. The Morgan fingerprint density at radius 1 is 1.10 bits per heavy atom. The van der Waals surface area contributed by atoms with Gasteiger partial charge >= 0.3 is 5.69 Å². The minimum Gasteiger partial charge on any atom is -0.383 e. The summed E-state index contributed by atoms with van der Waals surface area (Å²) < 4.78 is 1.35. The number of aryl methyl sites for hydroxylation is 1. The first kappa shape index (κ1) is 23.8. The number of amides is 1. The SMILES string of the molecule is CCCCCN(C(=O)CSc1ccc(C)cc1)c1c(N)n(CCCC)c(=O)[nH]c1=O. The highest BCUT2D eigenvalue weighted by molar-refractivity contribution is 8.00. The molecule has 1 heterocycles. The smallest absolute Gasteiger partial charge is 0.330 e. The minimum absolute atomic E-state index is 0.0578. The number of anilines is 2. The van der Waals surface area contributed by atoms with Crippen LogP contribution in [0.3, 0.4) is 0 Å². The molecule has 8 heteroatoms. The van der Waals surface area contributed by atoms with Crippen molar-refractivity contribution in [2.45, 2.75) is 64.3 Å². The first-order valence-corrected chi connectivity index (χ1v) is 11.5. The summed E-state index contributed by atoms with van der Waals surface area (Å²) in [6, 6.07) is 7.94. The Morgan fingerprint density at radius 2 is 1.77 bits per heavy atom. The van der Waals surface area contributed by atoms with E-state index in [1.165, 1.54) is 21.2 Å². The van der Waals surface area contributed by atoms with Gasteiger partial charge in [0.25, 0.3) is 5.56 Å². The first-order chi connectivity index (χ1) is 14.4. The van der Waals surface area contributed by atoms with Gasteiger partial charge in [0.15, 0.2) is 5.69 Å². The number of aromatic nitrogens is 2. The van der Waals surface area contributed by atoms with Crippen molar-refractivity contribution in [3.63, 3.8) is 0 Å². The molecule has 0 aliphatic carbocycles. The van der Waals surface area contributed by atoms with Crippen molar-refractivity contribution in [2.24, 2.45) is 0 Å². The number of nitrogens with zero attached hydrogens (tertiary/aromatic N) is 2. The van der Waals surface area contributed by atoms with E-state index in [9.17, 15) is 14.4 Å². The zero-order valence-electron chi connectivity index (χ0n) is 18.1. The zero-order chi connectivity index (χ0) is 22.1. The van der Waals surface area contributed by atoms with Crippen LogP contribution in [0, 0.1) is 6.92 Å². The summed E-state index contributed by atoms with van der Waals surface area (Å²) in [6.07, 6.45) is 4.31. The van der Waals surface area contributed by atoms with E-state index in [0.717, 1.165) is 42.6 Å². The molecule has 1 aromatic heterocycles. The summed E-state index contributed by atoms with van der Waals surface area (Å²) in [5, 5.41) is 0. The lowest BCUT2D eigenvalue weighted by atomic mass is 10.2. The summed E-state index contributed by atoms with van der Waals surface area (Å²) in [5.74, 6) is 0.0410. The van der Waals surface area contributed by atoms with Gasteiger partial charge in [-0.25, -0.2) is 4.79 Å². The van der Waals surface area contributed by atoms with E-state index < -0.39 is 11.2 Å². The fourth-order valence-corrected chi connectivity index (χ4v) is 3.89. The Bertz CT molecular complexity index is 950. The molecule has 3 N–H and O–H groups in total. The van der Waals surface area contributed by atoms with Crippen LogP contribution in [0.2, 0.25) is 0 Å². The maximum Gasteiger partial charge on any atom is 0.330 e. The highest BCUT2D eigenvalue weighted by atomic mass is 32.2. The average molecular weight is 433 g/mol. The number of hydrogen-bond donors (Lipinski definition) is 2. The number of unbranched alkanes of at least 4 members (excludes halogenated alkanes) is 3. The lowest BCUT2D eigenvalue weighted by molar-refractivity contribution is -0.116. The fourth-order valence-electron chi connectivity index (χ4n) is 3.12. The van der Waals surface area contributed by atoms with Crippen molar-refractivity contribution in [2.75, 3.05) is 22.9 Å². The standard InChI is InChI=1S/C22H32N4O3S/c1-4-6-8-14-25(18(27)15-30-17-11-9-16(3)10-12-17)19-20(23)26(13-7-5-2)22(29)24-21(19)28/h9-12H,4-8,13-15,23H2,1-3H3,(H,24,28,29). The number of carbonyl (C=O) groups excluding carboxylic acids is 1. The zero-order valence-corrected chi connectivity index (χ0v) is 18.9. The molecule has 0 saturated heterocycles. The Kier molecular flexibility index (Phi) is 9.23. The van der Waals surface area contributed by atoms with Crippen LogP contribution in [0.15, 0.2) is 38.8 Å². The van der Waals surface area contributed by atoms with Gasteiger partial charge in [0, 0.05) is 18.0 Å². The number of nitrogens with two attached hydrogens (primary N) is 1. The van der Waals surface area contributed by atoms with Crippen molar-refractivity contribution >= 4 is 29.2 Å². The number of benzene rings is 1. The molecule has 0 atom stereocenters. The van der Waals surface area contributed by atoms with E-state index in [2.05, 4.69) is 11.9 Å². The average Bonchev–Trinajstić information content (AvgIpc) is 2.71. The normalized spacial score (nSPS) is 10.9. The van der Waals surface area contributed by atoms with Gasteiger partial charge in [-0.2, -0.15) is 0 Å². The molecule has 2 aromatic rings. The van der Waals surface area contributed by atoms with Crippen LogP contribution in [0.5, 0.6) is 0 Å².